The number of carbonyl (C=O) groups excluding carboxylic acids is 1. The summed E-state index contributed by atoms with van der Waals surface area (Å²) in [4.78, 5) is 11.5. The molecule has 0 N–H and O–H groups in total. The van der Waals surface area contributed by atoms with Crippen molar-refractivity contribution in [2.75, 3.05) is 165 Å². The Morgan fingerprint density at radius 1 is 0.367 bits per heavy atom. The zero-order valence-electron chi connectivity index (χ0n) is 31.3. The smallest absolute Gasteiger partial charge is 0.332 e. The Morgan fingerprint density at radius 3 is 0.776 bits per heavy atom. The van der Waals surface area contributed by atoms with Gasteiger partial charge in [0.05, 0.1) is 159 Å². The molecule has 0 rings (SSSR count). The van der Waals surface area contributed by atoms with Gasteiger partial charge in [-0.05, 0) is 40.4 Å². The van der Waals surface area contributed by atoms with Gasteiger partial charge in [-0.3, -0.25) is 0 Å². The van der Waals surface area contributed by atoms with Gasteiger partial charge in [-0.1, -0.05) is 0 Å². The first kappa shape index (κ1) is 48.2. The Hall–Kier alpha value is -0.833. The van der Waals surface area contributed by atoms with Crippen molar-refractivity contribution in [3.8, 4) is 0 Å². The molecule has 0 saturated carbocycles. The molecule has 0 aromatic carbocycles. The van der Waals surface area contributed by atoms with Gasteiger partial charge in [0.2, 0.25) is 0 Å². The molecule has 0 saturated heterocycles. The van der Waals surface area contributed by atoms with Crippen LogP contribution in [0.25, 0.3) is 0 Å². The van der Waals surface area contributed by atoms with E-state index < -0.39 is 13.9 Å². The van der Waals surface area contributed by atoms with Gasteiger partial charge in [0.25, 0.3) is 0 Å². The maximum Gasteiger partial charge on any atom is 0.332 e. The summed E-state index contributed by atoms with van der Waals surface area (Å²) in [5.74, 6) is -0.387. The van der Waals surface area contributed by atoms with Gasteiger partial charge in [-0.15, -0.1) is 0 Å². The normalized spacial score (nSPS) is 12.2. The number of hydrogen-bond donors (Lipinski definition) is 0. The van der Waals surface area contributed by atoms with Crippen LogP contribution in [0, 0.1) is 0 Å². The predicted octanol–water partition coefficient (Wildman–Crippen LogP) is 2.38. The Morgan fingerprint density at radius 2 is 0.571 bits per heavy atom. The first-order chi connectivity index (χ1) is 23.6. The molecule has 0 aromatic rings. The lowest BCUT2D eigenvalue weighted by atomic mass is 10.2. The quantitative estimate of drug-likeness (QED) is 0.0518. The lowest BCUT2D eigenvalue weighted by Crippen LogP contribution is -2.27. The molecule has 49 heavy (non-hydrogen) atoms. The van der Waals surface area contributed by atoms with E-state index in [4.69, 9.17) is 66.0 Å². The minimum Gasteiger partial charge on any atom is -0.458 e. The van der Waals surface area contributed by atoms with Crippen LogP contribution in [0.2, 0.25) is 19.6 Å². The van der Waals surface area contributed by atoms with E-state index in [1.54, 1.807) is 0 Å². The molecule has 0 aliphatic rings. The Balaban J connectivity index is 3.11. The summed E-state index contributed by atoms with van der Waals surface area (Å²) in [5, 5.41) is 0. The summed E-state index contributed by atoms with van der Waals surface area (Å²) in [6.07, 6.45) is 0. The summed E-state index contributed by atoms with van der Waals surface area (Å²) < 4.78 is 76.2. The van der Waals surface area contributed by atoms with Crippen molar-refractivity contribution in [1.82, 2.24) is 0 Å². The fourth-order valence-electron chi connectivity index (χ4n) is 3.35. The molecule has 0 atom stereocenters. The highest BCUT2D eigenvalue weighted by Crippen LogP contribution is 2.06. The molecule has 0 amide bonds. The zero-order valence-corrected chi connectivity index (χ0v) is 32.3. The zero-order chi connectivity index (χ0) is 36.2. The fourth-order valence-corrected chi connectivity index (χ4v) is 4.05. The minimum absolute atomic E-state index is 0.0838. The number of esters is 1. The van der Waals surface area contributed by atoms with Crippen molar-refractivity contribution in [2.24, 2.45) is 0 Å². The predicted molar refractivity (Wildman–Crippen MR) is 185 cm³/mol. The summed E-state index contributed by atoms with van der Waals surface area (Å²) in [7, 11) is -1.46. The summed E-state index contributed by atoms with van der Waals surface area (Å²) >= 11 is 0. The molecule has 15 nitrogen and oxygen atoms in total. The lowest BCUT2D eigenvalue weighted by Gasteiger charge is -2.19. The van der Waals surface area contributed by atoms with E-state index in [2.05, 4.69) is 19.6 Å². The van der Waals surface area contributed by atoms with E-state index in [1.807, 2.05) is 20.8 Å². The Bertz CT molecular complexity index is 692. The molecule has 0 spiro atoms. The largest absolute Gasteiger partial charge is 0.458 e. The van der Waals surface area contributed by atoms with Gasteiger partial charge in [0, 0.05) is 0 Å². The average Bonchev–Trinajstić information content (AvgIpc) is 3.03. The first-order valence-electron chi connectivity index (χ1n) is 17.4. The third-order valence-corrected chi connectivity index (χ3v) is 6.56. The molecule has 0 aromatic heterocycles. The van der Waals surface area contributed by atoms with Gasteiger partial charge in [-0.2, -0.15) is 0 Å². The molecule has 294 valence electrons. The van der Waals surface area contributed by atoms with Crippen molar-refractivity contribution in [3.05, 3.63) is 0 Å². The molecule has 0 heterocycles. The Kier molecular flexibility index (Phi) is 35.0. The molecule has 0 bridgehead atoms. The van der Waals surface area contributed by atoms with E-state index >= 15 is 0 Å². The monoisotopic (exact) mass is 732 g/mol. The molecule has 0 unspecified atom stereocenters. The van der Waals surface area contributed by atoms with Crippen LogP contribution in [0.3, 0.4) is 0 Å². The van der Waals surface area contributed by atoms with Gasteiger partial charge < -0.3 is 66.0 Å². The van der Waals surface area contributed by atoms with Crippen LogP contribution in [0.1, 0.15) is 20.8 Å². The highest BCUT2D eigenvalue weighted by atomic mass is 28.4. The van der Waals surface area contributed by atoms with E-state index in [9.17, 15) is 4.79 Å². The van der Waals surface area contributed by atoms with Crippen molar-refractivity contribution < 1.29 is 70.8 Å². The first-order valence-corrected chi connectivity index (χ1v) is 20.8. The standard InChI is InChI=1S/C33H68O15Si/c1-33(2,3)48-32(34)31-46-28-27-44-24-23-42-20-19-40-16-15-38-12-11-36-8-7-35-9-10-37-13-14-39-17-18-41-21-22-43-25-26-45-29-30-47-49(4,5)6/h7-31H2,1-6H3. The van der Waals surface area contributed by atoms with Crippen molar-refractivity contribution in [2.45, 2.75) is 46.0 Å². The molecule has 0 aliphatic carbocycles. The fraction of sp³-hybridized carbons (Fsp3) is 0.970. The lowest BCUT2D eigenvalue weighted by molar-refractivity contribution is -0.160. The maximum atomic E-state index is 11.5. The SMILES string of the molecule is CC(C)(C)OC(=O)COCCOCCOCCOCCOCCOCCOCCOCCOCCOCCOCCOCCO[Si](C)(C)C. The molecule has 0 radical (unpaired) electrons. The number of hydrogen-bond acceptors (Lipinski definition) is 15. The second-order valence-corrected chi connectivity index (χ2v) is 16.8. The second-order valence-electron chi connectivity index (χ2n) is 12.3. The van der Waals surface area contributed by atoms with Gasteiger partial charge in [0.1, 0.15) is 12.2 Å². The van der Waals surface area contributed by atoms with Crippen molar-refractivity contribution >= 4 is 14.3 Å². The summed E-state index contributed by atoms with van der Waals surface area (Å²) in [5.41, 5.74) is -0.512. The number of rotatable bonds is 39. The maximum absolute atomic E-state index is 11.5. The molecular formula is C33H68O15Si. The second kappa shape index (κ2) is 35.6. The van der Waals surface area contributed by atoms with Crippen LogP contribution in [0.4, 0.5) is 0 Å². The Labute approximate surface area is 296 Å². The topological polar surface area (TPSA) is 146 Å². The van der Waals surface area contributed by atoms with E-state index in [1.165, 1.54) is 0 Å². The van der Waals surface area contributed by atoms with Crippen LogP contribution in [-0.4, -0.2) is 185 Å². The van der Waals surface area contributed by atoms with Crippen LogP contribution in [0.15, 0.2) is 0 Å². The average molecular weight is 733 g/mol. The van der Waals surface area contributed by atoms with Gasteiger partial charge in [-0.25, -0.2) is 4.79 Å². The molecule has 16 heteroatoms. The van der Waals surface area contributed by atoms with E-state index in [0.29, 0.717) is 159 Å². The van der Waals surface area contributed by atoms with Crippen molar-refractivity contribution in [3.63, 3.8) is 0 Å². The molecular weight excluding hydrogens is 664 g/mol. The van der Waals surface area contributed by atoms with Crippen LogP contribution in [-0.2, 0) is 70.8 Å². The third-order valence-electron chi connectivity index (χ3n) is 5.49. The number of carbonyl (C=O) groups is 1. The summed E-state index contributed by atoms with van der Waals surface area (Å²) in [6.45, 7) is 23.8. The molecule has 0 fully saturated rings. The molecule has 0 aliphatic heterocycles. The van der Waals surface area contributed by atoms with Crippen molar-refractivity contribution in [1.29, 1.82) is 0 Å². The highest BCUT2D eigenvalue weighted by molar-refractivity contribution is 6.69. The van der Waals surface area contributed by atoms with Crippen LogP contribution < -0.4 is 0 Å². The van der Waals surface area contributed by atoms with E-state index in [-0.39, 0.29) is 12.6 Å². The van der Waals surface area contributed by atoms with Gasteiger partial charge in [0.15, 0.2) is 8.32 Å². The summed E-state index contributed by atoms with van der Waals surface area (Å²) in [6, 6.07) is 0. The minimum atomic E-state index is -1.46. The van der Waals surface area contributed by atoms with Gasteiger partial charge >= 0.3 is 5.97 Å². The van der Waals surface area contributed by atoms with E-state index in [0.717, 1.165) is 0 Å². The van der Waals surface area contributed by atoms with Crippen LogP contribution in [0.5, 0.6) is 0 Å². The number of ether oxygens (including phenoxy) is 13. The third kappa shape index (κ3) is 45.1. The highest BCUT2D eigenvalue weighted by Gasteiger charge is 2.16. The van der Waals surface area contributed by atoms with Crippen LogP contribution >= 0.6 is 0 Å².